The maximum Gasteiger partial charge on any atom is 0.325 e. The Morgan fingerprint density at radius 3 is 2.41 bits per heavy atom. The summed E-state index contributed by atoms with van der Waals surface area (Å²) in [4.78, 5) is 27.4. The van der Waals surface area contributed by atoms with Crippen molar-refractivity contribution in [3.8, 4) is 0 Å². The van der Waals surface area contributed by atoms with Crippen LogP contribution in [0.1, 0.15) is 16.8 Å². The molecule has 1 heterocycles. The van der Waals surface area contributed by atoms with Crippen LogP contribution < -0.4 is 11.2 Å². The Balaban J connectivity index is 2.39. The minimum Gasteiger partial charge on any atom is -0.311 e. The minimum atomic E-state index is -0.482. The Kier molecular flexibility index (Phi) is 3.15. The molecule has 17 heavy (non-hydrogen) atoms. The zero-order chi connectivity index (χ0) is 12.4. The van der Waals surface area contributed by atoms with Crippen molar-refractivity contribution in [2.75, 3.05) is 0 Å². The summed E-state index contributed by atoms with van der Waals surface area (Å²) in [6.07, 6.45) is 0.502. The van der Waals surface area contributed by atoms with Crippen LogP contribution in [0.3, 0.4) is 0 Å². The zero-order valence-corrected chi connectivity index (χ0v) is 9.97. The first-order valence-corrected chi connectivity index (χ1v) is 5.50. The van der Waals surface area contributed by atoms with Crippen molar-refractivity contribution in [2.45, 2.75) is 13.3 Å². The average molecular weight is 251 g/mol. The standard InChI is InChI=1S/C12H11ClN2O2/c1-7-10(14-12(17)15-11(7)16)6-8-2-4-9(13)5-3-8/h2-5H,6H2,1H3,(H2,14,15,16,17). The van der Waals surface area contributed by atoms with Crippen molar-refractivity contribution in [1.29, 1.82) is 0 Å². The Labute approximate surface area is 102 Å². The van der Waals surface area contributed by atoms with E-state index in [-0.39, 0.29) is 5.56 Å². The maximum absolute atomic E-state index is 11.4. The summed E-state index contributed by atoms with van der Waals surface area (Å²) in [7, 11) is 0. The Morgan fingerprint density at radius 1 is 1.12 bits per heavy atom. The highest BCUT2D eigenvalue weighted by Gasteiger charge is 2.05. The van der Waals surface area contributed by atoms with Gasteiger partial charge in [0.25, 0.3) is 5.56 Å². The number of H-pyrrole nitrogens is 2. The average Bonchev–Trinajstić information content (AvgIpc) is 2.28. The first-order valence-electron chi connectivity index (χ1n) is 5.13. The molecule has 1 aromatic carbocycles. The molecule has 0 radical (unpaired) electrons. The van der Waals surface area contributed by atoms with Gasteiger partial charge < -0.3 is 4.98 Å². The van der Waals surface area contributed by atoms with Crippen LogP contribution in [0, 0.1) is 6.92 Å². The molecular formula is C12H11ClN2O2. The molecule has 0 unspecified atom stereocenters. The minimum absolute atomic E-state index is 0.349. The Bertz CT molecular complexity index is 641. The summed E-state index contributed by atoms with van der Waals surface area (Å²) in [6.45, 7) is 1.68. The van der Waals surface area contributed by atoms with E-state index < -0.39 is 5.69 Å². The van der Waals surface area contributed by atoms with Gasteiger partial charge in [0, 0.05) is 22.7 Å². The van der Waals surface area contributed by atoms with E-state index in [0.29, 0.717) is 22.7 Å². The van der Waals surface area contributed by atoms with Crippen molar-refractivity contribution in [3.05, 3.63) is 66.9 Å². The monoisotopic (exact) mass is 250 g/mol. The molecule has 2 rings (SSSR count). The third kappa shape index (κ3) is 2.65. The smallest absolute Gasteiger partial charge is 0.311 e. The lowest BCUT2D eigenvalue weighted by atomic mass is 10.1. The van der Waals surface area contributed by atoms with E-state index in [1.54, 1.807) is 19.1 Å². The van der Waals surface area contributed by atoms with Gasteiger partial charge in [-0.3, -0.25) is 9.78 Å². The van der Waals surface area contributed by atoms with Gasteiger partial charge in [-0.05, 0) is 24.6 Å². The van der Waals surface area contributed by atoms with Crippen LogP contribution in [0.15, 0.2) is 33.9 Å². The maximum atomic E-state index is 11.4. The highest BCUT2D eigenvalue weighted by molar-refractivity contribution is 6.30. The molecule has 88 valence electrons. The lowest BCUT2D eigenvalue weighted by Crippen LogP contribution is -2.26. The second-order valence-electron chi connectivity index (χ2n) is 3.82. The van der Waals surface area contributed by atoms with E-state index in [2.05, 4.69) is 9.97 Å². The van der Waals surface area contributed by atoms with Crippen molar-refractivity contribution < 1.29 is 0 Å². The van der Waals surface area contributed by atoms with E-state index in [0.717, 1.165) is 5.56 Å². The third-order valence-electron chi connectivity index (χ3n) is 2.58. The first kappa shape index (κ1) is 11.7. The first-order chi connectivity index (χ1) is 8.06. The van der Waals surface area contributed by atoms with E-state index in [9.17, 15) is 9.59 Å². The van der Waals surface area contributed by atoms with Gasteiger partial charge in [-0.2, -0.15) is 0 Å². The van der Waals surface area contributed by atoms with Crippen LogP contribution in [-0.2, 0) is 6.42 Å². The van der Waals surface area contributed by atoms with E-state index in [4.69, 9.17) is 11.6 Å². The normalized spacial score (nSPS) is 10.5. The number of rotatable bonds is 2. The van der Waals surface area contributed by atoms with Gasteiger partial charge in [0.05, 0.1) is 0 Å². The molecule has 0 aliphatic rings. The molecule has 0 spiro atoms. The van der Waals surface area contributed by atoms with Crippen LogP contribution in [0.5, 0.6) is 0 Å². The fourth-order valence-electron chi connectivity index (χ4n) is 1.58. The van der Waals surface area contributed by atoms with Crippen LogP contribution in [-0.4, -0.2) is 9.97 Å². The zero-order valence-electron chi connectivity index (χ0n) is 9.21. The van der Waals surface area contributed by atoms with Gasteiger partial charge >= 0.3 is 5.69 Å². The van der Waals surface area contributed by atoms with E-state index in [1.165, 1.54) is 0 Å². The number of halogens is 1. The highest BCUT2D eigenvalue weighted by atomic mass is 35.5. The summed E-state index contributed by atoms with van der Waals surface area (Å²) in [5, 5.41) is 0.657. The quantitative estimate of drug-likeness (QED) is 0.851. The van der Waals surface area contributed by atoms with E-state index in [1.807, 2.05) is 12.1 Å². The molecule has 0 aliphatic heterocycles. The van der Waals surface area contributed by atoms with E-state index >= 15 is 0 Å². The fraction of sp³-hybridized carbons (Fsp3) is 0.167. The predicted octanol–water partition coefficient (Wildman–Crippen LogP) is 1.62. The Morgan fingerprint density at radius 2 is 1.76 bits per heavy atom. The largest absolute Gasteiger partial charge is 0.325 e. The molecule has 0 fully saturated rings. The Hall–Kier alpha value is -1.81. The number of aromatic amines is 2. The van der Waals surface area contributed by atoms with Crippen molar-refractivity contribution >= 4 is 11.6 Å². The molecule has 0 amide bonds. The van der Waals surface area contributed by atoms with Gasteiger partial charge in [-0.25, -0.2) is 4.79 Å². The van der Waals surface area contributed by atoms with Crippen molar-refractivity contribution in [3.63, 3.8) is 0 Å². The number of benzene rings is 1. The van der Waals surface area contributed by atoms with Crippen LogP contribution in [0.4, 0.5) is 0 Å². The lowest BCUT2D eigenvalue weighted by molar-refractivity contribution is 0.924. The van der Waals surface area contributed by atoms with Crippen LogP contribution >= 0.6 is 11.6 Å². The van der Waals surface area contributed by atoms with Crippen molar-refractivity contribution in [1.82, 2.24) is 9.97 Å². The molecule has 2 aromatic rings. The number of aromatic nitrogens is 2. The summed E-state index contributed by atoms with van der Waals surface area (Å²) in [5.74, 6) is 0. The number of hydrogen-bond acceptors (Lipinski definition) is 2. The molecule has 0 aliphatic carbocycles. The van der Waals surface area contributed by atoms with Gasteiger partial charge in [-0.15, -0.1) is 0 Å². The van der Waals surface area contributed by atoms with Crippen LogP contribution in [0.2, 0.25) is 5.02 Å². The third-order valence-corrected chi connectivity index (χ3v) is 2.83. The van der Waals surface area contributed by atoms with Gasteiger partial charge in [0.2, 0.25) is 0 Å². The molecule has 0 saturated heterocycles. The molecule has 2 N–H and O–H groups in total. The van der Waals surface area contributed by atoms with Crippen LogP contribution in [0.25, 0.3) is 0 Å². The summed E-state index contributed by atoms with van der Waals surface area (Å²) in [5.41, 5.74) is 1.31. The summed E-state index contributed by atoms with van der Waals surface area (Å²) >= 11 is 5.78. The molecule has 0 bridgehead atoms. The molecule has 4 nitrogen and oxygen atoms in total. The van der Waals surface area contributed by atoms with Gasteiger partial charge in [0.15, 0.2) is 0 Å². The SMILES string of the molecule is Cc1c(Cc2ccc(Cl)cc2)[nH]c(=O)[nH]c1=O. The topological polar surface area (TPSA) is 65.7 Å². The predicted molar refractivity (Wildman–Crippen MR) is 66.7 cm³/mol. The summed E-state index contributed by atoms with van der Waals surface area (Å²) in [6, 6.07) is 7.28. The summed E-state index contributed by atoms with van der Waals surface area (Å²) < 4.78 is 0. The second-order valence-corrected chi connectivity index (χ2v) is 4.25. The molecule has 1 aromatic heterocycles. The fourth-order valence-corrected chi connectivity index (χ4v) is 1.71. The second kappa shape index (κ2) is 4.59. The molecule has 0 atom stereocenters. The van der Waals surface area contributed by atoms with Crippen molar-refractivity contribution in [2.24, 2.45) is 0 Å². The number of nitrogens with one attached hydrogen (secondary N) is 2. The van der Waals surface area contributed by atoms with Gasteiger partial charge in [0.1, 0.15) is 0 Å². The van der Waals surface area contributed by atoms with Gasteiger partial charge in [-0.1, -0.05) is 23.7 Å². The molecular weight excluding hydrogens is 240 g/mol. The number of hydrogen-bond donors (Lipinski definition) is 2. The molecule has 5 heteroatoms. The molecule has 0 saturated carbocycles. The lowest BCUT2D eigenvalue weighted by Gasteiger charge is -2.04. The highest BCUT2D eigenvalue weighted by Crippen LogP contribution is 2.12.